The van der Waals surface area contributed by atoms with Crippen LogP contribution in [0.3, 0.4) is 0 Å². The van der Waals surface area contributed by atoms with Crippen LogP contribution in [0.15, 0.2) is 47.7 Å². The van der Waals surface area contributed by atoms with Crippen LogP contribution in [-0.4, -0.2) is 32.7 Å². The van der Waals surface area contributed by atoms with Gasteiger partial charge >= 0.3 is 5.69 Å². The molecule has 1 aromatic carbocycles. The first-order valence-corrected chi connectivity index (χ1v) is 8.73. The molecule has 0 amide bonds. The van der Waals surface area contributed by atoms with E-state index in [4.69, 9.17) is 4.74 Å². The van der Waals surface area contributed by atoms with E-state index in [0.29, 0.717) is 17.0 Å². The van der Waals surface area contributed by atoms with Gasteiger partial charge in [-0.2, -0.15) is 5.10 Å². The fourth-order valence-corrected chi connectivity index (χ4v) is 3.05. The smallest absolute Gasteiger partial charge is 0.313 e. The molecule has 3 aromatic rings. The zero-order chi connectivity index (χ0) is 21.8. The fourth-order valence-electron chi connectivity index (χ4n) is 3.05. The molecular formula is C19H18N6O5. The Morgan fingerprint density at radius 3 is 2.60 bits per heavy atom. The van der Waals surface area contributed by atoms with E-state index in [1.807, 2.05) is 24.5 Å². The average Bonchev–Trinajstić information content (AvgIpc) is 3.00. The number of nitrogens with one attached hydrogen (secondary N) is 1. The number of non-ortho nitro benzene ring substituents is 1. The third kappa shape index (κ3) is 3.94. The summed E-state index contributed by atoms with van der Waals surface area (Å²) in [6, 6.07) is 8.99. The zero-order valence-corrected chi connectivity index (χ0v) is 16.4. The molecule has 30 heavy (non-hydrogen) atoms. The van der Waals surface area contributed by atoms with Gasteiger partial charge in [0.15, 0.2) is 0 Å². The topological polar surface area (TPSA) is 138 Å². The highest BCUT2D eigenvalue weighted by molar-refractivity contribution is 5.83. The van der Waals surface area contributed by atoms with Crippen molar-refractivity contribution in [3.63, 3.8) is 0 Å². The number of nitro benzene ring substituents is 1. The molecule has 0 radical (unpaired) electrons. The highest BCUT2D eigenvalue weighted by Gasteiger charge is 2.18. The molecule has 0 aliphatic rings. The minimum absolute atomic E-state index is 0.0212. The Kier molecular flexibility index (Phi) is 5.72. The van der Waals surface area contributed by atoms with Crippen LogP contribution in [-0.2, 0) is 0 Å². The van der Waals surface area contributed by atoms with Gasteiger partial charge < -0.3 is 9.30 Å². The SMILES string of the molecule is COc1ccc([N+](=O)[O-])cc1-n1c(C)cc(/C=N\Nc2ncccc2[N+](=O)[O-])c1C. The first-order valence-electron chi connectivity index (χ1n) is 8.73. The number of aryl methyl sites for hydroxylation is 1. The summed E-state index contributed by atoms with van der Waals surface area (Å²) in [5.41, 5.74) is 5.12. The Morgan fingerprint density at radius 2 is 1.93 bits per heavy atom. The number of pyridine rings is 1. The number of aromatic nitrogens is 2. The van der Waals surface area contributed by atoms with Crippen LogP contribution < -0.4 is 10.2 Å². The quantitative estimate of drug-likeness (QED) is 0.355. The number of ether oxygens (including phenoxy) is 1. The molecule has 11 heteroatoms. The Hall–Kier alpha value is -4.28. The highest BCUT2D eigenvalue weighted by atomic mass is 16.6. The van der Waals surface area contributed by atoms with E-state index >= 15 is 0 Å². The summed E-state index contributed by atoms with van der Waals surface area (Å²) in [6.45, 7) is 3.68. The number of nitro groups is 2. The van der Waals surface area contributed by atoms with Crippen LogP contribution in [0.1, 0.15) is 17.0 Å². The normalized spacial score (nSPS) is 10.9. The van der Waals surface area contributed by atoms with Crippen molar-refractivity contribution < 1.29 is 14.6 Å². The molecule has 0 saturated carbocycles. The predicted molar refractivity (Wildman–Crippen MR) is 111 cm³/mol. The summed E-state index contributed by atoms with van der Waals surface area (Å²) in [4.78, 5) is 25.1. The van der Waals surface area contributed by atoms with Crippen molar-refractivity contribution >= 4 is 23.4 Å². The molecule has 2 aromatic heterocycles. The van der Waals surface area contributed by atoms with E-state index in [1.54, 1.807) is 6.07 Å². The molecular weight excluding hydrogens is 392 g/mol. The Bertz CT molecular complexity index is 1150. The monoisotopic (exact) mass is 410 g/mol. The van der Waals surface area contributed by atoms with Crippen LogP contribution in [0.2, 0.25) is 0 Å². The van der Waals surface area contributed by atoms with Gasteiger partial charge in [-0.05, 0) is 32.0 Å². The molecule has 1 N–H and O–H groups in total. The first-order chi connectivity index (χ1) is 14.3. The summed E-state index contributed by atoms with van der Waals surface area (Å²) in [5.74, 6) is 0.501. The maximum atomic E-state index is 11.2. The summed E-state index contributed by atoms with van der Waals surface area (Å²) >= 11 is 0. The molecule has 11 nitrogen and oxygen atoms in total. The number of hydrogen-bond donors (Lipinski definition) is 1. The fraction of sp³-hybridized carbons (Fsp3) is 0.158. The van der Waals surface area contributed by atoms with Crippen LogP contribution in [0.4, 0.5) is 17.2 Å². The molecule has 0 atom stereocenters. The molecule has 0 unspecified atom stereocenters. The number of nitrogens with zero attached hydrogens (tertiary/aromatic N) is 5. The van der Waals surface area contributed by atoms with Gasteiger partial charge in [0.25, 0.3) is 5.69 Å². The summed E-state index contributed by atoms with van der Waals surface area (Å²) < 4.78 is 7.18. The van der Waals surface area contributed by atoms with Gasteiger partial charge in [0.05, 0.1) is 28.9 Å². The van der Waals surface area contributed by atoms with Crippen LogP contribution in [0.25, 0.3) is 5.69 Å². The molecule has 154 valence electrons. The molecule has 0 saturated heterocycles. The van der Waals surface area contributed by atoms with E-state index in [9.17, 15) is 20.2 Å². The van der Waals surface area contributed by atoms with E-state index in [1.165, 1.54) is 43.8 Å². The van der Waals surface area contributed by atoms with Crippen molar-refractivity contribution in [2.45, 2.75) is 13.8 Å². The maximum absolute atomic E-state index is 11.2. The third-order valence-corrected chi connectivity index (χ3v) is 4.44. The lowest BCUT2D eigenvalue weighted by molar-refractivity contribution is -0.384. The standard InChI is InChI=1S/C19H18N6O5/c1-12-9-14(11-21-22-19-16(25(28)29)5-4-8-20-19)13(2)23(12)17-10-15(24(26)27)6-7-18(17)30-3/h4-11H,1-3H3,(H,20,22)/b21-11-. The summed E-state index contributed by atoms with van der Waals surface area (Å²) in [6.07, 6.45) is 2.92. The van der Waals surface area contributed by atoms with Crippen molar-refractivity contribution in [3.05, 3.63) is 79.8 Å². The molecule has 0 aliphatic heterocycles. The molecule has 0 fully saturated rings. The molecule has 3 rings (SSSR count). The third-order valence-electron chi connectivity index (χ3n) is 4.44. The van der Waals surface area contributed by atoms with Gasteiger partial charge in [-0.1, -0.05) is 0 Å². The minimum atomic E-state index is -0.550. The highest BCUT2D eigenvalue weighted by Crippen LogP contribution is 2.31. The number of hydrogen-bond acceptors (Lipinski definition) is 8. The first kappa shape index (κ1) is 20.5. The number of hydrazone groups is 1. The molecule has 2 heterocycles. The molecule has 0 aliphatic carbocycles. The Balaban J connectivity index is 1.96. The van der Waals surface area contributed by atoms with Crippen LogP contribution >= 0.6 is 0 Å². The Morgan fingerprint density at radius 1 is 1.17 bits per heavy atom. The second-order valence-corrected chi connectivity index (χ2v) is 6.27. The predicted octanol–water partition coefficient (Wildman–Crippen LogP) is 3.76. The number of methoxy groups -OCH3 is 1. The van der Waals surface area contributed by atoms with Crippen LogP contribution in [0.5, 0.6) is 5.75 Å². The van der Waals surface area contributed by atoms with Gasteiger partial charge in [0.2, 0.25) is 5.82 Å². The van der Waals surface area contributed by atoms with Crippen molar-refractivity contribution in [1.82, 2.24) is 9.55 Å². The number of benzene rings is 1. The largest absolute Gasteiger partial charge is 0.495 e. The van der Waals surface area contributed by atoms with E-state index in [-0.39, 0.29) is 17.2 Å². The number of rotatable bonds is 7. The average molecular weight is 410 g/mol. The van der Waals surface area contributed by atoms with Gasteiger partial charge in [-0.3, -0.25) is 25.7 Å². The van der Waals surface area contributed by atoms with E-state index in [2.05, 4.69) is 15.5 Å². The lowest BCUT2D eigenvalue weighted by atomic mass is 10.2. The van der Waals surface area contributed by atoms with Gasteiger partial charge in [0, 0.05) is 41.3 Å². The van der Waals surface area contributed by atoms with Crippen molar-refractivity contribution in [2.24, 2.45) is 5.10 Å². The van der Waals surface area contributed by atoms with Crippen molar-refractivity contribution in [2.75, 3.05) is 12.5 Å². The lowest BCUT2D eigenvalue weighted by Crippen LogP contribution is -2.04. The van der Waals surface area contributed by atoms with Gasteiger partial charge in [-0.15, -0.1) is 0 Å². The van der Waals surface area contributed by atoms with Crippen molar-refractivity contribution in [1.29, 1.82) is 0 Å². The minimum Gasteiger partial charge on any atom is -0.495 e. The summed E-state index contributed by atoms with van der Waals surface area (Å²) in [7, 11) is 1.49. The maximum Gasteiger partial charge on any atom is 0.313 e. The van der Waals surface area contributed by atoms with E-state index < -0.39 is 9.85 Å². The van der Waals surface area contributed by atoms with Gasteiger partial charge in [-0.25, -0.2) is 4.98 Å². The second kappa shape index (κ2) is 8.39. The van der Waals surface area contributed by atoms with Gasteiger partial charge in [0.1, 0.15) is 5.75 Å². The summed E-state index contributed by atoms with van der Waals surface area (Å²) in [5, 5.41) is 26.3. The van der Waals surface area contributed by atoms with Crippen molar-refractivity contribution in [3.8, 4) is 11.4 Å². The van der Waals surface area contributed by atoms with E-state index in [0.717, 1.165) is 11.4 Å². The lowest BCUT2D eigenvalue weighted by Gasteiger charge is -2.13. The number of anilines is 1. The Labute approximate surface area is 170 Å². The zero-order valence-electron chi connectivity index (χ0n) is 16.4. The van der Waals surface area contributed by atoms with Crippen LogP contribution in [0, 0.1) is 34.1 Å². The molecule has 0 spiro atoms. The second-order valence-electron chi connectivity index (χ2n) is 6.27. The molecule has 0 bridgehead atoms.